The number of carbonyl (C=O) groups is 1. The largest absolute Gasteiger partial charge is 0.486 e. The van der Waals surface area contributed by atoms with Crippen LogP contribution >= 0.6 is 11.8 Å². The summed E-state index contributed by atoms with van der Waals surface area (Å²) >= 11 is 1.12. The quantitative estimate of drug-likeness (QED) is 0.923. The zero-order valence-electron chi connectivity index (χ0n) is 11.1. The Morgan fingerprint density at radius 3 is 2.86 bits per heavy atom. The fourth-order valence-corrected chi connectivity index (χ4v) is 2.72. The Balaban J connectivity index is 1.79. The molecule has 7 nitrogen and oxygen atoms in total. The lowest BCUT2D eigenvalue weighted by Crippen LogP contribution is -2.29. The molecule has 1 unspecified atom stereocenters. The molecule has 1 N–H and O–H groups in total. The molecule has 0 aliphatic carbocycles. The van der Waals surface area contributed by atoms with Crippen molar-refractivity contribution in [2.24, 2.45) is 5.10 Å². The molecule has 8 heteroatoms. The van der Waals surface area contributed by atoms with Crippen LogP contribution in [0.3, 0.4) is 0 Å². The monoisotopic (exact) mass is 304 g/mol. The van der Waals surface area contributed by atoms with Crippen molar-refractivity contribution in [3.8, 4) is 5.75 Å². The molecule has 1 aliphatic heterocycles. The molecule has 0 saturated carbocycles. The van der Waals surface area contributed by atoms with Gasteiger partial charge in [-0.25, -0.2) is 0 Å². The van der Waals surface area contributed by atoms with Gasteiger partial charge in [0.25, 0.3) is 0 Å². The fourth-order valence-electron chi connectivity index (χ4n) is 1.85. The van der Waals surface area contributed by atoms with E-state index in [-0.39, 0.29) is 6.61 Å². The van der Waals surface area contributed by atoms with Gasteiger partial charge in [0, 0.05) is 0 Å². The molecule has 21 heavy (non-hydrogen) atoms. The highest BCUT2D eigenvalue weighted by molar-refractivity contribution is 8.01. The number of rotatable bonds is 4. The minimum Gasteiger partial charge on any atom is -0.486 e. The molecule has 1 aliphatic rings. The van der Waals surface area contributed by atoms with E-state index in [2.05, 4.69) is 15.3 Å². The van der Waals surface area contributed by atoms with E-state index < -0.39 is 11.2 Å². The van der Waals surface area contributed by atoms with Crippen molar-refractivity contribution in [2.45, 2.75) is 23.9 Å². The van der Waals surface area contributed by atoms with Gasteiger partial charge in [0.1, 0.15) is 17.6 Å². The summed E-state index contributed by atoms with van der Waals surface area (Å²) in [7, 11) is 0. The lowest BCUT2D eigenvalue weighted by atomic mass is 10.3. The van der Waals surface area contributed by atoms with E-state index in [1.807, 2.05) is 30.3 Å². The molecule has 0 spiro atoms. The lowest BCUT2D eigenvalue weighted by molar-refractivity contribution is -0.135. The molecule has 0 fully saturated rings. The van der Waals surface area contributed by atoms with E-state index in [1.165, 1.54) is 4.68 Å². The van der Waals surface area contributed by atoms with E-state index in [0.717, 1.165) is 17.5 Å². The van der Waals surface area contributed by atoms with Gasteiger partial charge >= 0.3 is 5.97 Å². The molecule has 0 amide bonds. The summed E-state index contributed by atoms with van der Waals surface area (Å²) in [5.41, 5.74) is 0.501. The van der Waals surface area contributed by atoms with Gasteiger partial charge in [0.05, 0.1) is 5.71 Å². The Morgan fingerprint density at radius 1 is 1.38 bits per heavy atom. The number of ether oxygens (including phenoxy) is 1. The SMILES string of the molecule is CC1=Nn2c(COc3ccccc3)nnc2SC1C(=O)O. The third-order valence-corrected chi connectivity index (χ3v) is 4.12. The van der Waals surface area contributed by atoms with Crippen LogP contribution in [0.1, 0.15) is 12.7 Å². The van der Waals surface area contributed by atoms with Crippen LogP contribution in [0, 0.1) is 0 Å². The summed E-state index contributed by atoms with van der Waals surface area (Å²) in [6.07, 6.45) is 0. The fraction of sp³-hybridized carbons (Fsp3) is 0.231. The Kier molecular flexibility index (Phi) is 3.61. The second kappa shape index (κ2) is 5.57. The van der Waals surface area contributed by atoms with E-state index in [4.69, 9.17) is 9.84 Å². The number of benzene rings is 1. The van der Waals surface area contributed by atoms with Crippen LogP contribution in [0.4, 0.5) is 0 Å². The van der Waals surface area contributed by atoms with E-state index in [0.29, 0.717) is 16.7 Å². The Morgan fingerprint density at radius 2 is 2.14 bits per heavy atom. The van der Waals surface area contributed by atoms with Gasteiger partial charge < -0.3 is 9.84 Å². The number of hydrogen-bond acceptors (Lipinski definition) is 6. The van der Waals surface area contributed by atoms with Crippen LogP contribution < -0.4 is 4.74 Å². The summed E-state index contributed by atoms with van der Waals surface area (Å²) in [6.45, 7) is 1.89. The Hall–Kier alpha value is -2.35. The van der Waals surface area contributed by atoms with Crippen molar-refractivity contribution in [2.75, 3.05) is 0 Å². The van der Waals surface area contributed by atoms with E-state index >= 15 is 0 Å². The number of carboxylic acids is 1. The number of para-hydroxylation sites is 1. The van der Waals surface area contributed by atoms with Crippen molar-refractivity contribution in [3.05, 3.63) is 36.2 Å². The second-order valence-electron chi connectivity index (χ2n) is 4.39. The molecular formula is C13H12N4O3S. The molecule has 3 rings (SSSR count). The Labute approximate surface area is 124 Å². The van der Waals surface area contributed by atoms with Crippen LogP contribution in [-0.4, -0.2) is 36.9 Å². The minimum atomic E-state index is -0.933. The third-order valence-electron chi connectivity index (χ3n) is 2.87. The highest BCUT2D eigenvalue weighted by Crippen LogP contribution is 2.28. The number of nitrogens with zero attached hydrogens (tertiary/aromatic N) is 4. The number of hydrogen-bond donors (Lipinski definition) is 1. The summed E-state index contributed by atoms with van der Waals surface area (Å²) in [4.78, 5) is 11.1. The maximum Gasteiger partial charge on any atom is 0.322 e. The van der Waals surface area contributed by atoms with Crippen LogP contribution in [0.2, 0.25) is 0 Å². The molecule has 2 heterocycles. The average molecular weight is 304 g/mol. The van der Waals surface area contributed by atoms with E-state index in [9.17, 15) is 4.79 Å². The number of aliphatic carboxylic acids is 1. The number of carboxylic acid groups (broad SMARTS) is 1. The van der Waals surface area contributed by atoms with Crippen LogP contribution in [-0.2, 0) is 11.4 Å². The average Bonchev–Trinajstić information content (AvgIpc) is 2.87. The van der Waals surface area contributed by atoms with Gasteiger partial charge in [-0.05, 0) is 19.1 Å². The smallest absolute Gasteiger partial charge is 0.322 e. The molecule has 0 saturated heterocycles. The van der Waals surface area contributed by atoms with Gasteiger partial charge in [-0.1, -0.05) is 30.0 Å². The van der Waals surface area contributed by atoms with Crippen LogP contribution in [0.25, 0.3) is 0 Å². The number of thioether (sulfide) groups is 1. The molecule has 0 radical (unpaired) electrons. The van der Waals surface area contributed by atoms with Gasteiger partial charge in [-0.3, -0.25) is 4.79 Å². The first kappa shape index (κ1) is 13.6. The summed E-state index contributed by atoms with van der Waals surface area (Å²) in [6, 6.07) is 9.35. The minimum absolute atomic E-state index is 0.214. The molecule has 1 aromatic carbocycles. The van der Waals surface area contributed by atoms with Crippen LogP contribution in [0.5, 0.6) is 5.75 Å². The molecule has 0 bridgehead atoms. The Bertz CT molecular complexity index is 699. The predicted octanol–water partition coefficient (Wildman–Crippen LogP) is 1.64. The first-order chi connectivity index (χ1) is 10.1. The summed E-state index contributed by atoms with van der Waals surface area (Å²) in [5, 5.41) is 21.1. The predicted molar refractivity (Wildman–Crippen MR) is 76.6 cm³/mol. The first-order valence-corrected chi connectivity index (χ1v) is 7.10. The van der Waals surface area contributed by atoms with Gasteiger partial charge in [-0.2, -0.15) is 9.78 Å². The normalized spacial score (nSPS) is 17.0. The highest BCUT2D eigenvalue weighted by atomic mass is 32.2. The lowest BCUT2D eigenvalue weighted by Gasteiger charge is -2.17. The molecule has 1 atom stereocenters. The van der Waals surface area contributed by atoms with Crippen molar-refractivity contribution < 1.29 is 14.6 Å². The van der Waals surface area contributed by atoms with E-state index in [1.54, 1.807) is 6.92 Å². The molecule has 1 aromatic heterocycles. The van der Waals surface area contributed by atoms with Gasteiger partial charge in [0.2, 0.25) is 5.16 Å². The van der Waals surface area contributed by atoms with Gasteiger partial charge in [0.15, 0.2) is 5.82 Å². The first-order valence-electron chi connectivity index (χ1n) is 6.22. The van der Waals surface area contributed by atoms with Crippen molar-refractivity contribution in [3.63, 3.8) is 0 Å². The third kappa shape index (κ3) is 2.75. The highest BCUT2D eigenvalue weighted by Gasteiger charge is 2.30. The summed E-state index contributed by atoms with van der Waals surface area (Å²) < 4.78 is 7.14. The second-order valence-corrected chi connectivity index (χ2v) is 5.46. The zero-order valence-corrected chi connectivity index (χ0v) is 11.9. The van der Waals surface area contributed by atoms with Gasteiger partial charge in [-0.15, -0.1) is 10.2 Å². The topological polar surface area (TPSA) is 89.6 Å². The zero-order chi connectivity index (χ0) is 14.8. The molecule has 108 valence electrons. The van der Waals surface area contributed by atoms with Crippen molar-refractivity contribution in [1.82, 2.24) is 14.9 Å². The maximum atomic E-state index is 11.1. The standard InChI is InChI=1S/C13H12N4O3S/c1-8-11(12(18)19)21-13-15-14-10(17(13)16-8)7-20-9-5-3-2-4-6-9/h2-6,11H,7H2,1H3,(H,18,19). The van der Waals surface area contributed by atoms with Crippen molar-refractivity contribution >= 4 is 23.4 Å². The summed E-state index contributed by atoms with van der Waals surface area (Å²) in [5.74, 6) is 0.324. The maximum absolute atomic E-state index is 11.1. The van der Waals surface area contributed by atoms with Crippen LogP contribution in [0.15, 0.2) is 40.6 Å². The molecule has 2 aromatic rings. The number of fused-ring (bicyclic) bond motifs is 1. The van der Waals surface area contributed by atoms with Crippen molar-refractivity contribution in [1.29, 1.82) is 0 Å². The number of aromatic nitrogens is 3. The molecular weight excluding hydrogens is 292 g/mol.